The fraction of sp³-hybridized carbons (Fsp3) is 0.300. The van der Waals surface area contributed by atoms with Gasteiger partial charge in [-0.1, -0.05) is 6.08 Å². The smallest absolute Gasteiger partial charge is 0.218 e. The quantitative estimate of drug-likeness (QED) is 0.810. The summed E-state index contributed by atoms with van der Waals surface area (Å²) in [5.74, 6) is -0.0546. The van der Waals surface area contributed by atoms with Crippen LogP contribution in [0.1, 0.15) is 18.0 Å². The summed E-state index contributed by atoms with van der Waals surface area (Å²) in [6.07, 6.45) is 3.33. The number of rotatable bonds is 4. The van der Waals surface area contributed by atoms with Gasteiger partial charge < -0.3 is 10.5 Å². The Bertz CT molecular complexity index is 333. The highest BCUT2D eigenvalue weighted by Crippen LogP contribution is 2.23. The van der Waals surface area contributed by atoms with Crippen molar-refractivity contribution in [2.75, 3.05) is 7.11 Å². The van der Waals surface area contributed by atoms with E-state index in [1.807, 2.05) is 0 Å². The highest BCUT2D eigenvalue weighted by Gasteiger charge is 2.12. The molecular formula is C10H14ClFN2O. The first-order chi connectivity index (χ1) is 6.69. The summed E-state index contributed by atoms with van der Waals surface area (Å²) in [6, 6.07) is 1.01. The Labute approximate surface area is 94.6 Å². The van der Waals surface area contributed by atoms with Gasteiger partial charge in [-0.3, -0.25) is 0 Å². The SMILES string of the molecule is C=CC[C@@H](N)c1cc(F)cnc1OC.Cl. The second kappa shape index (κ2) is 6.37. The van der Waals surface area contributed by atoms with Gasteiger partial charge in [-0.15, -0.1) is 19.0 Å². The number of nitrogens with two attached hydrogens (primary N) is 1. The third-order valence-electron chi connectivity index (χ3n) is 1.86. The van der Waals surface area contributed by atoms with Crippen molar-refractivity contribution < 1.29 is 9.13 Å². The van der Waals surface area contributed by atoms with Crippen LogP contribution in [0.3, 0.4) is 0 Å². The van der Waals surface area contributed by atoms with Crippen molar-refractivity contribution >= 4 is 12.4 Å². The van der Waals surface area contributed by atoms with Crippen molar-refractivity contribution in [3.8, 4) is 5.88 Å². The van der Waals surface area contributed by atoms with Gasteiger partial charge in [0.2, 0.25) is 5.88 Å². The molecule has 15 heavy (non-hydrogen) atoms. The summed E-state index contributed by atoms with van der Waals surface area (Å²) in [7, 11) is 1.48. The van der Waals surface area contributed by atoms with Crippen molar-refractivity contribution in [3.05, 3.63) is 36.3 Å². The Morgan fingerprint density at radius 1 is 1.73 bits per heavy atom. The van der Waals surface area contributed by atoms with Gasteiger partial charge in [-0.2, -0.15) is 0 Å². The summed E-state index contributed by atoms with van der Waals surface area (Å²) in [5.41, 5.74) is 6.36. The first-order valence-electron chi connectivity index (χ1n) is 4.25. The van der Waals surface area contributed by atoms with Gasteiger partial charge in [0.25, 0.3) is 0 Å². The van der Waals surface area contributed by atoms with Crippen molar-refractivity contribution in [1.82, 2.24) is 4.98 Å². The molecule has 0 aliphatic rings. The van der Waals surface area contributed by atoms with Crippen molar-refractivity contribution in [3.63, 3.8) is 0 Å². The fourth-order valence-corrected chi connectivity index (χ4v) is 1.19. The van der Waals surface area contributed by atoms with Crippen molar-refractivity contribution in [2.24, 2.45) is 5.73 Å². The average Bonchev–Trinajstić information content (AvgIpc) is 2.18. The van der Waals surface area contributed by atoms with Crippen LogP contribution in [0.5, 0.6) is 5.88 Å². The predicted octanol–water partition coefficient (Wildman–Crippen LogP) is 2.23. The Balaban J connectivity index is 0.00000196. The van der Waals surface area contributed by atoms with Crippen LogP contribution in [0.15, 0.2) is 24.9 Å². The second-order valence-corrected chi connectivity index (χ2v) is 2.88. The van der Waals surface area contributed by atoms with Crippen molar-refractivity contribution in [2.45, 2.75) is 12.5 Å². The minimum absolute atomic E-state index is 0. The van der Waals surface area contributed by atoms with Gasteiger partial charge in [-0.25, -0.2) is 9.37 Å². The van der Waals surface area contributed by atoms with E-state index in [-0.39, 0.29) is 18.4 Å². The zero-order valence-electron chi connectivity index (χ0n) is 8.44. The molecule has 1 atom stereocenters. The van der Waals surface area contributed by atoms with Crippen LogP contribution in [0.4, 0.5) is 4.39 Å². The molecule has 1 heterocycles. The maximum Gasteiger partial charge on any atom is 0.218 e. The molecule has 0 fully saturated rings. The third kappa shape index (κ3) is 3.49. The summed E-state index contributed by atoms with van der Waals surface area (Å²) in [5, 5.41) is 0. The first kappa shape index (κ1) is 13.9. The number of pyridine rings is 1. The third-order valence-corrected chi connectivity index (χ3v) is 1.86. The van der Waals surface area contributed by atoms with E-state index in [0.29, 0.717) is 17.9 Å². The van der Waals surface area contributed by atoms with Crippen LogP contribution in [0, 0.1) is 5.82 Å². The number of hydrogen-bond acceptors (Lipinski definition) is 3. The van der Waals surface area contributed by atoms with Crippen LogP contribution >= 0.6 is 12.4 Å². The molecule has 0 amide bonds. The fourth-order valence-electron chi connectivity index (χ4n) is 1.19. The number of nitrogens with zero attached hydrogens (tertiary/aromatic N) is 1. The molecule has 1 aromatic rings. The number of ether oxygens (including phenoxy) is 1. The highest BCUT2D eigenvalue weighted by atomic mass is 35.5. The standard InChI is InChI=1S/C10H13FN2O.ClH/c1-3-4-9(12)8-5-7(11)6-13-10(8)14-2;/h3,5-6,9H,1,4,12H2,2H3;1H/t9-;/m1./s1. The van der Waals surface area contributed by atoms with Crippen molar-refractivity contribution in [1.29, 1.82) is 0 Å². The molecule has 0 aromatic carbocycles. The number of methoxy groups -OCH3 is 1. The molecule has 0 unspecified atom stereocenters. The Morgan fingerprint density at radius 2 is 2.40 bits per heavy atom. The lowest BCUT2D eigenvalue weighted by Crippen LogP contribution is -2.11. The average molecular weight is 233 g/mol. The molecule has 3 nitrogen and oxygen atoms in total. The molecule has 0 saturated heterocycles. The van der Waals surface area contributed by atoms with E-state index >= 15 is 0 Å². The van der Waals surface area contributed by atoms with E-state index in [4.69, 9.17) is 10.5 Å². The maximum absolute atomic E-state index is 12.9. The van der Waals surface area contributed by atoms with Crippen LogP contribution in [-0.4, -0.2) is 12.1 Å². The second-order valence-electron chi connectivity index (χ2n) is 2.88. The monoisotopic (exact) mass is 232 g/mol. The van der Waals surface area contributed by atoms with Gasteiger partial charge in [0.1, 0.15) is 5.82 Å². The molecule has 0 spiro atoms. The van der Waals surface area contributed by atoms with E-state index in [1.54, 1.807) is 6.08 Å². The molecule has 0 aliphatic carbocycles. The van der Waals surface area contributed by atoms with E-state index in [1.165, 1.54) is 13.2 Å². The zero-order valence-corrected chi connectivity index (χ0v) is 9.26. The summed E-state index contributed by atoms with van der Waals surface area (Å²) >= 11 is 0. The highest BCUT2D eigenvalue weighted by molar-refractivity contribution is 5.85. The van der Waals surface area contributed by atoms with Crippen LogP contribution in [-0.2, 0) is 0 Å². The summed E-state index contributed by atoms with van der Waals surface area (Å²) in [4.78, 5) is 3.79. The summed E-state index contributed by atoms with van der Waals surface area (Å²) < 4.78 is 17.9. The lowest BCUT2D eigenvalue weighted by molar-refractivity contribution is 0.386. The predicted molar refractivity (Wildman–Crippen MR) is 59.7 cm³/mol. The molecule has 84 valence electrons. The van der Waals surface area contributed by atoms with Gasteiger partial charge in [0, 0.05) is 11.6 Å². The van der Waals surface area contributed by atoms with E-state index in [0.717, 1.165) is 6.20 Å². The molecule has 2 N–H and O–H groups in total. The van der Waals surface area contributed by atoms with Gasteiger partial charge in [-0.05, 0) is 12.5 Å². The minimum atomic E-state index is -0.416. The largest absolute Gasteiger partial charge is 0.481 e. The molecule has 0 saturated carbocycles. The molecule has 0 aliphatic heterocycles. The molecule has 5 heteroatoms. The van der Waals surface area contributed by atoms with E-state index in [9.17, 15) is 4.39 Å². The Kier molecular flexibility index (Phi) is 5.89. The van der Waals surface area contributed by atoms with Crippen LogP contribution in [0.2, 0.25) is 0 Å². The topological polar surface area (TPSA) is 48.1 Å². The lowest BCUT2D eigenvalue weighted by atomic mass is 10.1. The number of aromatic nitrogens is 1. The van der Waals surface area contributed by atoms with Crippen LogP contribution in [0.25, 0.3) is 0 Å². The molecule has 0 bridgehead atoms. The van der Waals surface area contributed by atoms with Crippen LogP contribution < -0.4 is 10.5 Å². The summed E-state index contributed by atoms with van der Waals surface area (Å²) in [6.45, 7) is 3.57. The van der Waals surface area contributed by atoms with E-state index < -0.39 is 5.82 Å². The minimum Gasteiger partial charge on any atom is -0.481 e. The van der Waals surface area contributed by atoms with Gasteiger partial charge >= 0.3 is 0 Å². The van der Waals surface area contributed by atoms with E-state index in [2.05, 4.69) is 11.6 Å². The number of hydrogen-bond donors (Lipinski definition) is 1. The number of halogens is 2. The Hall–Kier alpha value is -1.13. The van der Waals surface area contributed by atoms with Gasteiger partial charge in [0.05, 0.1) is 13.3 Å². The molecule has 1 aromatic heterocycles. The van der Waals surface area contributed by atoms with Gasteiger partial charge in [0.15, 0.2) is 0 Å². The lowest BCUT2D eigenvalue weighted by Gasteiger charge is -2.12. The molecule has 1 rings (SSSR count). The first-order valence-corrected chi connectivity index (χ1v) is 4.25. The zero-order chi connectivity index (χ0) is 10.6. The normalized spacial score (nSPS) is 11.4. The maximum atomic E-state index is 12.9. The Morgan fingerprint density at radius 3 is 2.93 bits per heavy atom. The molecular weight excluding hydrogens is 219 g/mol. The molecule has 0 radical (unpaired) electrons.